The zero-order valence-electron chi connectivity index (χ0n) is 12.5. The summed E-state index contributed by atoms with van der Waals surface area (Å²) in [5.74, 6) is 0.968. The van der Waals surface area contributed by atoms with Crippen molar-refractivity contribution in [2.75, 3.05) is 25.1 Å². The Kier molecular flexibility index (Phi) is 4.93. The Hall–Kier alpha value is -1.65. The molecule has 0 saturated heterocycles. The minimum Gasteiger partial charge on any atom is -0.377 e. The fourth-order valence-corrected chi connectivity index (χ4v) is 2.16. The molecular formula is C16H23N3O. The average molecular weight is 273 g/mol. The first-order valence-corrected chi connectivity index (χ1v) is 7.03. The molecule has 20 heavy (non-hydrogen) atoms. The van der Waals surface area contributed by atoms with Crippen molar-refractivity contribution in [3.8, 4) is 0 Å². The van der Waals surface area contributed by atoms with Crippen LogP contribution in [0.3, 0.4) is 0 Å². The molecule has 0 spiro atoms. The molecule has 4 heteroatoms. The second-order valence-corrected chi connectivity index (χ2v) is 5.20. The number of rotatable bonds is 6. The van der Waals surface area contributed by atoms with E-state index in [-0.39, 0.29) is 6.10 Å². The van der Waals surface area contributed by atoms with Crippen LogP contribution in [0.15, 0.2) is 30.3 Å². The molecule has 2 aromatic rings. The van der Waals surface area contributed by atoms with Gasteiger partial charge < -0.3 is 15.4 Å². The first-order chi connectivity index (χ1) is 9.61. The number of aromatic nitrogens is 1. The monoisotopic (exact) mass is 273 g/mol. The summed E-state index contributed by atoms with van der Waals surface area (Å²) in [4.78, 5) is 6.79. The minimum atomic E-state index is 0.253. The molecule has 2 N–H and O–H groups in total. The molecule has 108 valence electrons. The van der Waals surface area contributed by atoms with Crippen LogP contribution in [0.4, 0.5) is 5.82 Å². The van der Waals surface area contributed by atoms with Gasteiger partial charge in [0.05, 0.1) is 18.4 Å². The van der Waals surface area contributed by atoms with Crippen molar-refractivity contribution >= 4 is 16.6 Å². The normalized spacial score (nSPS) is 11.2. The second-order valence-electron chi connectivity index (χ2n) is 5.20. The summed E-state index contributed by atoms with van der Waals surface area (Å²) in [6.45, 7) is 6.04. The van der Waals surface area contributed by atoms with Gasteiger partial charge in [-0.3, -0.25) is 0 Å². The minimum absolute atomic E-state index is 0.253. The van der Waals surface area contributed by atoms with Gasteiger partial charge >= 0.3 is 0 Å². The molecule has 1 heterocycles. The Bertz CT molecular complexity index is 569. The highest BCUT2D eigenvalue weighted by molar-refractivity contribution is 5.92. The largest absolute Gasteiger partial charge is 0.377 e. The Morgan fingerprint density at radius 1 is 1.30 bits per heavy atom. The van der Waals surface area contributed by atoms with Crippen LogP contribution in [0, 0.1) is 0 Å². The molecule has 0 aliphatic rings. The van der Waals surface area contributed by atoms with Gasteiger partial charge in [-0.15, -0.1) is 0 Å². The molecular weight excluding hydrogens is 250 g/mol. The quantitative estimate of drug-likeness (QED) is 0.879. The summed E-state index contributed by atoms with van der Waals surface area (Å²) in [5, 5.41) is 2.33. The van der Waals surface area contributed by atoms with E-state index >= 15 is 0 Å². The van der Waals surface area contributed by atoms with Crippen LogP contribution in [-0.4, -0.2) is 31.3 Å². The lowest BCUT2D eigenvalue weighted by atomic mass is 10.1. The van der Waals surface area contributed by atoms with Gasteiger partial charge in [-0.05, 0) is 25.3 Å². The number of likely N-dealkylation sites (N-methyl/N-ethyl adjacent to an activating group) is 1. The third kappa shape index (κ3) is 3.46. The standard InChI is InChI=1S/C16H23N3O/c1-12(2)20-9-8-19(3)16-15-7-5-4-6-13(15)10-14(11-17)18-16/h4-7,10,12H,8-9,11,17H2,1-3H3. The van der Waals surface area contributed by atoms with E-state index in [0.717, 1.165) is 23.4 Å². The summed E-state index contributed by atoms with van der Waals surface area (Å²) < 4.78 is 5.61. The zero-order valence-corrected chi connectivity index (χ0v) is 12.5. The van der Waals surface area contributed by atoms with E-state index in [2.05, 4.69) is 28.1 Å². The summed E-state index contributed by atoms with van der Waals surface area (Å²) in [6, 6.07) is 10.3. The van der Waals surface area contributed by atoms with Gasteiger partial charge in [0.2, 0.25) is 0 Å². The van der Waals surface area contributed by atoms with E-state index in [1.165, 1.54) is 5.39 Å². The fraction of sp³-hybridized carbons (Fsp3) is 0.438. The van der Waals surface area contributed by atoms with Gasteiger partial charge in [-0.25, -0.2) is 4.98 Å². The lowest BCUT2D eigenvalue weighted by molar-refractivity contribution is 0.0845. The van der Waals surface area contributed by atoms with Gasteiger partial charge in [-0.2, -0.15) is 0 Å². The maximum absolute atomic E-state index is 5.74. The van der Waals surface area contributed by atoms with Gasteiger partial charge in [0, 0.05) is 25.5 Å². The summed E-state index contributed by atoms with van der Waals surface area (Å²) in [6.07, 6.45) is 0.253. The Morgan fingerprint density at radius 3 is 2.75 bits per heavy atom. The molecule has 4 nitrogen and oxygen atoms in total. The molecule has 1 aromatic heterocycles. The third-order valence-corrected chi connectivity index (χ3v) is 3.22. The first-order valence-electron chi connectivity index (χ1n) is 7.03. The molecule has 0 atom stereocenters. The molecule has 2 rings (SSSR count). The van der Waals surface area contributed by atoms with Gasteiger partial charge in [-0.1, -0.05) is 24.3 Å². The average Bonchev–Trinajstić information content (AvgIpc) is 2.45. The third-order valence-electron chi connectivity index (χ3n) is 3.22. The molecule has 0 bridgehead atoms. The summed E-state index contributed by atoms with van der Waals surface area (Å²) >= 11 is 0. The van der Waals surface area contributed by atoms with Crippen molar-refractivity contribution < 1.29 is 4.74 Å². The molecule has 0 fully saturated rings. The number of pyridine rings is 1. The number of ether oxygens (including phenoxy) is 1. The van der Waals surface area contributed by atoms with E-state index < -0.39 is 0 Å². The van der Waals surface area contributed by atoms with Crippen LogP contribution in [-0.2, 0) is 11.3 Å². The van der Waals surface area contributed by atoms with Crippen LogP contribution < -0.4 is 10.6 Å². The molecule has 0 unspecified atom stereocenters. The number of fused-ring (bicyclic) bond motifs is 1. The van der Waals surface area contributed by atoms with E-state index in [1.54, 1.807) is 0 Å². The van der Waals surface area contributed by atoms with Crippen molar-refractivity contribution in [1.82, 2.24) is 4.98 Å². The van der Waals surface area contributed by atoms with Crippen molar-refractivity contribution in [3.05, 3.63) is 36.0 Å². The Labute approximate surface area is 120 Å². The van der Waals surface area contributed by atoms with E-state index in [4.69, 9.17) is 10.5 Å². The molecule has 0 saturated carbocycles. The fourth-order valence-electron chi connectivity index (χ4n) is 2.16. The smallest absolute Gasteiger partial charge is 0.136 e. The SMILES string of the molecule is CC(C)OCCN(C)c1nc(CN)cc2ccccc12. The summed E-state index contributed by atoms with van der Waals surface area (Å²) in [7, 11) is 2.04. The van der Waals surface area contributed by atoms with Crippen LogP contribution in [0.25, 0.3) is 10.8 Å². The van der Waals surface area contributed by atoms with Crippen LogP contribution >= 0.6 is 0 Å². The maximum Gasteiger partial charge on any atom is 0.136 e. The van der Waals surface area contributed by atoms with Gasteiger partial charge in [0.15, 0.2) is 0 Å². The van der Waals surface area contributed by atoms with Crippen molar-refractivity contribution in [1.29, 1.82) is 0 Å². The number of hydrogen-bond donors (Lipinski definition) is 1. The van der Waals surface area contributed by atoms with Gasteiger partial charge in [0.25, 0.3) is 0 Å². The maximum atomic E-state index is 5.74. The molecule has 1 aromatic carbocycles. The van der Waals surface area contributed by atoms with Crippen LogP contribution in [0.5, 0.6) is 0 Å². The zero-order chi connectivity index (χ0) is 14.5. The highest BCUT2D eigenvalue weighted by atomic mass is 16.5. The molecule has 0 aliphatic heterocycles. The summed E-state index contributed by atoms with van der Waals surface area (Å²) in [5.41, 5.74) is 6.66. The van der Waals surface area contributed by atoms with Gasteiger partial charge in [0.1, 0.15) is 5.82 Å². The predicted molar refractivity (Wildman–Crippen MR) is 84.0 cm³/mol. The highest BCUT2D eigenvalue weighted by Crippen LogP contribution is 2.24. The van der Waals surface area contributed by atoms with E-state index in [0.29, 0.717) is 13.2 Å². The molecule has 0 radical (unpaired) electrons. The lowest BCUT2D eigenvalue weighted by Crippen LogP contribution is -2.25. The highest BCUT2D eigenvalue weighted by Gasteiger charge is 2.09. The number of benzene rings is 1. The van der Waals surface area contributed by atoms with Crippen LogP contribution in [0.1, 0.15) is 19.5 Å². The predicted octanol–water partition coefficient (Wildman–Crippen LogP) is 2.55. The number of nitrogens with two attached hydrogens (primary N) is 1. The van der Waals surface area contributed by atoms with Crippen LogP contribution in [0.2, 0.25) is 0 Å². The topological polar surface area (TPSA) is 51.4 Å². The second kappa shape index (κ2) is 6.68. The first kappa shape index (κ1) is 14.8. The molecule has 0 amide bonds. The Morgan fingerprint density at radius 2 is 2.05 bits per heavy atom. The molecule has 0 aliphatic carbocycles. The number of hydrogen-bond acceptors (Lipinski definition) is 4. The van der Waals surface area contributed by atoms with Crippen molar-refractivity contribution in [2.45, 2.75) is 26.5 Å². The lowest BCUT2D eigenvalue weighted by Gasteiger charge is -2.21. The number of nitrogens with zero attached hydrogens (tertiary/aromatic N) is 2. The Balaban J connectivity index is 2.27. The van der Waals surface area contributed by atoms with Crippen molar-refractivity contribution in [2.24, 2.45) is 5.73 Å². The van der Waals surface area contributed by atoms with E-state index in [9.17, 15) is 0 Å². The number of anilines is 1. The van der Waals surface area contributed by atoms with E-state index in [1.807, 2.05) is 33.0 Å². The van der Waals surface area contributed by atoms with Crippen molar-refractivity contribution in [3.63, 3.8) is 0 Å².